The number of rotatable bonds is 12. The molecule has 0 aliphatic heterocycles. The van der Waals surface area contributed by atoms with Gasteiger partial charge < -0.3 is 14.8 Å². The van der Waals surface area contributed by atoms with E-state index >= 15 is 0 Å². The number of nitrogens with one attached hydrogen (secondary N) is 1. The first-order chi connectivity index (χ1) is 9.72. The van der Waals surface area contributed by atoms with Crippen molar-refractivity contribution in [2.45, 2.75) is 97.0 Å². The molecule has 1 aliphatic rings. The van der Waals surface area contributed by atoms with Gasteiger partial charge in [-0.1, -0.05) is 39.5 Å². The van der Waals surface area contributed by atoms with E-state index < -0.39 is 0 Å². The van der Waals surface area contributed by atoms with Gasteiger partial charge in [-0.05, 0) is 39.7 Å². The number of unbranched alkanes of at least 4 members (excludes halogenated alkanes) is 3. The summed E-state index contributed by atoms with van der Waals surface area (Å²) in [5.41, 5.74) is 0. The van der Waals surface area contributed by atoms with Crippen LogP contribution in [0.5, 0.6) is 0 Å². The molecule has 0 aromatic heterocycles. The molecule has 4 unspecified atom stereocenters. The second-order valence-corrected chi connectivity index (χ2v) is 6.05. The molecule has 20 heavy (non-hydrogen) atoms. The lowest BCUT2D eigenvalue weighted by molar-refractivity contribution is -0.164. The fourth-order valence-electron chi connectivity index (χ4n) is 2.88. The van der Waals surface area contributed by atoms with Gasteiger partial charge in [-0.15, -0.1) is 0 Å². The van der Waals surface area contributed by atoms with Gasteiger partial charge in [0, 0.05) is 12.6 Å². The number of hydrogen-bond donors (Lipinski definition) is 1. The van der Waals surface area contributed by atoms with Gasteiger partial charge in [0.15, 0.2) is 0 Å². The molecule has 0 aromatic rings. The minimum Gasteiger partial charge on any atom is -0.374 e. The zero-order valence-corrected chi connectivity index (χ0v) is 14.0. The minimum absolute atomic E-state index is 0.254. The largest absolute Gasteiger partial charge is 0.374 e. The van der Waals surface area contributed by atoms with Crippen molar-refractivity contribution in [3.63, 3.8) is 0 Å². The third-order valence-corrected chi connectivity index (χ3v) is 4.14. The van der Waals surface area contributed by atoms with Gasteiger partial charge in [-0.2, -0.15) is 0 Å². The highest BCUT2D eigenvalue weighted by molar-refractivity contribution is 4.97. The van der Waals surface area contributed by atoms with Crippen LogP contribution in [0.15, 0.2) is 0 Å². The molecule has 1 N–H and O–H groups in total. The average molecular weight is 285 g/mol. The van der Waals surface area contributed by atoms with Crippen LogP contribution in [0.25, 0.3) is 0 Å². The van der Waals surface area contributed by atoms with Gasteiger partial charge in [0.25, 0.3) is 0 Å². The molecular weight excluding hydrogens is 250 g/mol. The maximum Gasteiger partial charge on any atom is 0.0990 e. The minimum atomic E-state index is 0.254. The standard InChI is InChI=1S/C17H35NO2/c1-5-8-9-10-11-14(4)20-16-13-15(18-12-6-2)17(16)19-7-3/h14-18H,5-13H2,1-4H3. The summed E-state index contributed by atoms with van der Waals surface area (Å²) in [7, 11) is 0. The SMILES string of the molecule is CCCCCCC(C)OC1CC(NCCC)C1OCC. The van der Waals surface area contributed by atoms with Crippen molar-refractivity contribution < 1.29 is 9.47 Å². The molecule has 1 fully saturated rings. The van der Waals surface area contributed by atoms with Crippen molar-refractivity contribution in [3.8, 4) is 0 Å². The molecule has 0 heterocycles. The van der Waals surface area contributed by atoms with Crippen molar-refractivity contribution in [3.05, 3.63) is 0 Å². The normalized spacial score (nSPS) is 27.3. The van der Waals surface area contributed by atoms with E-state index in [1.165, 1.54) is 38.5 Å². The first kappa shape index (κ1) is 17.9. The Balaban J connectivity index is 2.21. The highest BCUT2D eigenvalue weighted by Crippen LogP contribution is 2.29. The highest BCUT2D eigenvalue weighted by atomic mass is 16.6. The first-order valence-corrected chi connectivity index (χ1v) is 8.73. The van der Waals surface area contributed by atoms with Crippen LogP contribution in [0.1, 0.15) is 72.6 Å². The monoisotopic (exact) mass is 285 g/mol. The van der Waals surface area contributed by atoms with E-state index in [0.717, 1.165) is 19.6 Å². The predicted molar refractivity (Wildman–Crippen MR) is 85.2 cm³/mol. The molecule has 1 aliphatic carbocycles. The summed E-state index contributed by atoms with van der Waals surface area (Å²) < 4.78 is 12.0. The van der Waals surface area contributed by atoms with Gasteiger partial charge in [-0.3, -0.25) is 0 Å². The van der Waals surface area contributed by atoms with Crippen molar-refractivity contribution >= 4 is 0 Å². The lowest BCUT2D eigenvalue weighted by Crippen LogP contribution is -2.60. The van der Waals surface area contributed by atoms with E-state index in [1.54, 1.807) is 0 Å². The Kier molecular flexibility index (Phi) is 9.49. The zero-order chi connectivity index (χ0) is 14.8. The topological polar surface area (TPSA) is 30.5 Å². The fraction of sp³-hybridized carbons (Fsp3) is 1.00. The summed E-state index contributed by atoms with van der Waals surface area (Å²) in [6.07, 6.45) is 9.65. The van der Waals surface area contributed by atoms with E-state index in [-0.39, 0.29) is 6.10 Å². The third kappa shape index (κ3) is 6.11. The highest BCUT2D eigenvalue weighted by Gasteiger charge is 2.42. The van der Waals surface area contributed by atoms with E-state index in [2.05, 4.69) is 33.0 Å². The van der Waals surface area contributed by atoms with Gasteiger partial charge in [0.1, 0.15) is 0 Å². The molecule has 3 nitrogen and oxygen atoms in total. The van der Waals surface area contributed by atoms with Crippen molar-refractivity contribution in [1.29, 1.82) is 0 Å². The van der Waals surface area contributed by atoms with Gasteiger partial charge >= 0.3 is 0 Å². The van der Waals surface area contributed by atoms with Gasteiger partial charge in [0.05, 0.1) is 18.3 Å². The Bertz CT molecular complexity index is 235. The molecule has 120 valence electrons. The van der Waals surface area contributed by atoms with Crippen LogP contribution in [0.3, 0.4) is 0 Å². The van der Waals surface area contributed by atoms with Crippen LogP contribution in [0.2, 0.25) is 0 Å². The third-order valence-electron chi connectivity index (χ3n) is 4.14. The maximum atomic E-state index is 6.18. The van der Waals surface area contributed by atoms with Gasteiger partial charge in [0.2, 0.25) is 0 Å². The molecular formula is C17H35NO2. The van der Waals surface area contributed by atoms with Crippen LogP contribution in [-0.2, 0) is 9.47 Å². The Morgan fingerprint density at radius 3 is 2.55 bits per heavy atom. The van der Waals surface area contributed by atoms with E-state index in [0.29, 0.717) is 18.2 Å². The Morgan fingerprint density at radius 2 is 1.90 bits per heavy atom. The van der Waals surface area contributed by atoms with Crippen LogP contribution in [0.4, 0.5) is 0 Å². The van der Waals surface area contributed by atoms with Crippen molar-refractivity contribution in [1.82, 2.24) is 5.32 Å². The van der Waals surface area contributed by atoms with E-state index in [1.807, 2.05) is 0 Å². The van der Waals surface area contributed by atoms with E-state index in [9.17, 15) is 0 Å². The molecule has 0 aromatic carbocycles. The summed E-state index contributed by atoms with van der Waals surface area (Å²) in [5.74, 6) is 0. The zero-order valence-electron chi connectivity index (χ0n) is 14.0. The fourth-order valence-corrected chi connectivity index (χ4v) is 2.88. The first-order valence-electron chi connectivity index (χ1n) is 8.73. The lowest BCUT2D eigenvalue weighted by Gasteiger charge is -2.45. The second kappa shape index (κ2) is 10.6. The summed E-state index contributed by atoms with van der Waals surface area (Å²) in [5, 5.41) is 3.56. The summed E-state index contributed by atoms with van der Waals surface area (Å²) >= 11 is 0. The number of hydrogen-bond acceptors (Lipinski definition) is 3. The maximum absolute atomic E-state index is 6.18. The van der Waals surface area contributed by atoms with Crippen LogP contribution < -0.4 is 5.32 Å². The van der Waals surface area contributed by atoms with Gasteiger partial charge in [-0.25, -0.2) is 0 Å². The molecule has 1 saturated carbocycles. The van der Waals surface area contributed by atoms with Crippen molar-refractivity contribution in [2.24, 2.45) is 0 Å². The lowest BCUT2D eigenvalue weighted by atomic mass is 9.84. The number of ether oxygens (including phenoxy) is 2. The molecule has 1 rings (SSSR count). The Morgan fingerprint density at radius 1 is 1.10 bits per heavy atom. The molecule has 0 saturated heterocycles. The Hall–Kier alpha value is -0.120. The summed E-state index contributed by atoms with van der Waals surface area (Å²) in [6, 6.07) is 0.493. The van der Waals surface area contributed by atoms with Crippen molar-refractivity contribution in [2.75, 3.05) is 13.2 Å². The average Bonchev–Trinajstić information content (AvgIpc) is 2.44. The van der Waals surface area contributed by atoms with Crippen LogP contribution in [-0.4, -0.2) is 37.5 Å². The summed E-state index contributed by atoms with van der Waals surface area (Å²) in [4.78, 5) is 0. The molecule has 4 atom stereocenters. The molecule has 0 radical (unpaired) electrons. The second-order valence-electron chi connectivity index (χ2n) is 6.05. The van der Waals surface area contributed by atoms with E-state index in [4.69, 9.17) is 9.47 Å². The Labute approximate surface area is 125 Å². The van der Waals surface area contributed by atoms with Crippen LogP contribution >= 0.6 is 0 Å². The smallest absolute Gasteiger partial charge is 0.0990 e. The predicted octanol–water partition coefficient (Wildman–Crippen LogP) is 3.91. The molecule has 0 spiro atoms. The molecule has 0 amide bonds. The van der Waals surface area contributed by atoms with Crippen LogP contribution in [0, 0.1) is 0 Å². The summed E-state index contributed by atoms with van der Waals surface area (Å²) in [6.45, 7) is 10.6. The molecule has 3 heteroatoms. The molecule has 0 bridgehead atoms. The quantitative estimate of drug-likeness (QED) is 0.552.